The quantitative estimate of drug-likeness (QED) is 0.708. The number of benzene rings is 1. The van der Waals surface area contributed by atoms with E-state index in [0.717, 1.165) is 67.8 Å². The molecule has 2 aliphatic carbocycles. The minimum Gasteiger partial charge on any atom is -0.387 e. The van der Waals surface area contributed by atoms with E-state index in [1.54, 1.807) is 6.33 Å². The highest BCUT2D eigenvalue weighted by Crippen LogP contribution is 2.43. The largest absolute Gasteiger partial charge is 0.387 e. The lowest BCUT2D eigenvalue weighted by atomic mass is 9.78. The molecule has 1 saturated carbocycles. The fourth-order valence-corrected chi connectivity index (χ4v) is 5.03. The Morgan fingerprint density at radius 3 is 2.35 bits per heavy atom. The van der Waals surface area contributed by atoms with Gasteiger partial charge in [-0.1, -0.05) is 43.5 Å². The number of primary amides is 1. The standard InChI is InChI=1S/C12H14ClNO.C12H19N3O/c13-10-5-3-9(4-6-10)12(11(14)15)7-1-2-8-12;1-4-15(5-2)12-10-8(3)6-9(16)11(10)13-7-14-12/h3-6H,1-2,7-8H2,(H2,14,15);7-9,16H,4-6H2,1-3H3/t;8-,9-/m.1/s1. The van der Waals surface area contributed by atoms with Crippen molar-refractivity contribution in [3.8, 4) is 0 Å². The van der Waals surface area contributed by atoms with Crippen LogP contribution in [0.2, 0.25) is 5.02 Å². The first kappa shape index (κ1) is 23.5. The topological polar surface area (TPSA) is 92.3 Å². The smallest absolute Gasteiger partial charge is 0.228 e. The molecule has 6 nitrogen and oxygen atoms in total. The predicted octanol–water partition coefficient (Wildman–Crippen LogP) is 4.50. The van der Waals surface area contributed by atoms with Gasteiger partial charge in [-0.05, 0) is 56.7 Å². The van der Waals surface area contributed by atoms with Crippen LogP contribution in [0.25, 0.3) is 0 Å². The van der Waals surface area contributed by atoms with Crippen LogP contribution in [0, 0.1) is 0 Å². The molecule has 2 aromatic rings. The van der Waals surface area contributed by atoms with Crippen LogP contribution in [0.4, 0.5) is 5.82 Å². The van der Waals surface area contributed by atoms with E-state index in [-0.39, 0.29) is 5.91 Å². The van der Waals surface area contributed by atoms with Crippen molar-refractivity contribution in [3.05, 3.63) is 52.4 Å². The van der Waals surface area contributed by atoms with Gasteiger partial charge in [-0.3, -0.25) is 4.79 Å². The van der Waals surface area contributed by atoms with Gasteiger partial charge in [0, 0.05) is 23.7 Å². The van der Waals surface area contributed by atoms with Gasteiger partial charge in [0.05, 0.1) is 17.2 Å². The molecule has 3 N–H and O–H groups in total. The number of rotatable bonds is 5. The lowest BCUT2D eigenvalue weighted by Crippen LogP contribution is -2.38. The van der Waals surface area contributed by atoms with Crippen LogP contribution < -0.4 is 10.6 Å². The SMILES string of the molecule is CCN(CC)c1ncnc2c1[C@H](C)C[C@H]2O.NC(=O)C1(c2ccc(Cl)cc2)CCCC1. The zero-order chi connectivity index (χ0) is 22.6. The molecule has 4 rings (SSSR count). The number of carbonyl (C=O) groups is 1. The van der Waals surface area contributed by atoms with Crippen molar-refractivity contribution in [2.24, 2.45) is 5.73 Å². The Morgan fingerprint density at radius 1 is 1.19 bits per heavy atom. The second kappa shape index (κ2) is 9.96. The van der Waals surface area contributed by atoms with E-state index in [0.29, 0.717) is 10.9 Å². The number of anilines is 1. The van der Waals surface area contributed by atoms with Crippen LogP contribution in [-0.2, 0) is 10.2 Å². The maximum Gasteiger partial charge on any atom is 0.228 e. The van der Waals surface area contributed by atoms with Gasteiger partial charge in [-0.2, -0.15) is 0 Å². The number of halogens is 1. The summed E-state index contributed by atoms with van der Waals surface area (Å²) in [7, 11) is 0. The van der Waals surface area contributed by atoms with E-state index < -0.39 is 11.5 Å². The number of fused-ring (bicyclic) bond motifs is 1. The molecule has 168 valence electrons. The predicted molar refractivity (Wildman–Crippen MR) is 124 cm³/mol. The monoisotopic (exact) mass is 444 g/mol. The van der Waals surface area contributed by atoms with E-state index in [1.165, 1.54) is 0 Å². The first-order valence-corrected chi connectivity index (χ1v) is 11.6. The van der Waals surface area contributed by atoms with Crippen LogP contribution >= 0.6 is 11.6 Å². The molecule has 2 aliphatic rings. The summed E-state index contributed by atoms with van der Waals surface area (Å²) in [6.07, 6.45) is 5.79. The minimum absolute atomic E-state index is 0.206. The maximum absolute atomic E-state index is 11.6. The van der Waals surface area contributed by atoms with Crippen molar-refractivity contribution in [1.29, 1.82) is 0 Å². The zero-order valence-corrected chi connectivity index (χ0v) is 19.4. The van der Waals surface area contributed by atoms with E-state index in [2.05, 4.69) is 35.6 Å². The second-order valence-corrected chi connectivity index (χ2v) is 8.92. The molecule has 1 amide bonds. The highest BCUT2D eigenvalue weighted by molar-refractivity contribution is 6.30. The Bertz CT molecular complexity index is 893. The Hall–Kier alpha value is -2.18. The number of carbonyl (C=O) groups excluding carboxylic acids is 1. The molecule has 1 heterocycles. The Kier molecular flexibility index (Phi) is 7.55. The third-order valence-corrected chi connectivity index (χ3v) is 6.92. The van der Waals surface area contributed by atoms with Gasteiger partial charge in [0.15, 0.2) is 0 Å². The number of hydrogen-bond donors (Lipinski definition) is 2. The zero-order valence-electron chi connectivity index (χ0n) is 18.6. The molecule has 0 saturated heterocycles. The van der Waals surface area contributed by atoms with Gasteiger partial charge in [0.25, 0.3) is 0 Å². The molecule has 0 bridgehead atoms. The average molecular weight is 445 g/mol. The van der Waals surface area contributed by atoms with Gasteiger partial charge in [-0.15, -0.1) is 0 Å². The molecule has 0 spiro atoms. The number of nitrogens with two attached hydrogens (primary N) is 1. The van der Waals surface area contributed by atoms with Crippen molar-refractivity contribution in [2.75, 3.05) is 18.0 Å². The number of amides is 1. The Labute approximate surface area is 189 Å². The summed E-state index contributed by atoms with van der Waals surface area (Å²) in [4.78, 5) is 22.4. The molecular formula is C24H33ClN4O2. The molecular weight excluding hydrogens is 412 g/mol. The Balaban J connectivity index is 0.000000176. The van der Waals surface area contributed by atoms with E-state index in [9.17, 15) is 9.90 Å². The third kappa shape index (κ3) is 4.70. The van der Waals surface area contributed by atoms with Crippen LogP contribution in [-0.4, -0.2) is 34.1 Å². The first-order valence-electron chi connectivity index (χ1n) is 11.2. The van der Waals surface area contributed by atoms with Crippen LogP contribution in [0.1, 0.15) is 81.7 Å². The third-order valence-electron chi connectivity index (χ3n) is 6.67. The lowest BCUT2D eigenvalue weighted by molar-refractivity contribution is -0.123. The van der Waals surface area contributed by atoms with Gasteiger partial charge in [0.2, 0.25) is 5.91 Å². The molecule has 31 heavy (non-hydrogen) atoms. The second-order valence-electron chi connectivity index (χ2n) is 8.48. The number of nitrogens with zero attached hydrogens (tertiary/aromatic N) is 3. The van der Waals surface area contributed by atoms with Crippen LogP contribution in [0.3, 0.4) is 0 Å². The molecule has 0 unspecified atom stereocenters. The molecule has 1 fully saturated rings. The summed E-state index contributed by atoms with van der Waals surface area (Å²) in [6.45, 7) is 8.24. The van der Waals surface area contributed by atoms with Gasteiger partial charge in [0.1, 0.15) is 12.1 Å². The molecule has 2 atom stereocenters. The van der Waals surface area contributed by atoms with Crippen molar-refractivity contribution >= 4 is 23.3 Å². The number of aliphatic hydroxyl groups is 1. The summed E-state index contributed by atoms with van der Waals surface area (Å²) in [5, 5.41) is 10.6. The number of aliphatic hydroxyl groups excluding tert-OH is 1. The molecule has 1 aromatic heterocycles. The Morgan fingerprint density at radius 2 is 1.81 bits per heavy atom. The van der Waals surface area contributed by atoms with Crippen molar-refractivity contribution in [2.45, 2.75) is 70.3 Å². The van der Waals surface area contributed by atoms with Crippen molar-refractivity contribution in [1.82, 2.24) is 9.97 Å². The van der Waals surface area contributed by atoms with Crippen molar-refractivity contribution < 1.29 is 9.90 Å². The number of hydrogen-bond acceptors (Lipinski definition) is 5. The fourth-order valence-electron chi connectivity index (χ4n) is 4.90. The summed E-state index contributed by atoms with van der Waals surface area (Å²) in [5.74, 6) is 1.14. The van der Waals surface area contributed by atoms with E-state index in [1.807, 2.05) is 24.3 Å². The van der Waals surface area contributed by atoms with Crippen molar-refractivity contribution in [3.63, 3.8) is 0 Å². The summed E-state index contributed by atoms with van der Waals surface area (Å²) >= 11 is 5.83. The summed E-state index contributed by atoms with van der Waals surface area (Å²) < 4.78 is 0. The minimum atomic E-state index is -0.440. The number of aromatic nitrogens is 2. The van der Waals surface area contributed by atoms with E-state index >= 15 is 0 Å². The van der Waals surface area contributed by atoms with Crippen LogP contribution in [0.15, 0.2) is 30.6 Å². The van der Waals surface area contributed by atoms with Crippen LogP contribution in [0.5, 0.6) is 0 Å². The maximum atomic E-state index is 11.6. The molecule has 1 aromatic carbocycles. The summed E-state index contributed by atoms with van der Waals surface area (Å²) in [5.41, 5.74) is 8.06. The first-order chi connectivity index (χ1) is 14.8. The highest BCUT2D eigenvalue weighted by atomic mass is 35.5. The summed E-state index contributed by atoms with van der Waals surface area (Å²) in [6, 6.07) is 7.47. The van der Waals surface area contributed by atoms with Gasteiger partial charge in [-0.25, -0.2) is 9.97 Å². The normalized spacial score (nSPS) is 21.2. The highest BCUT2D eigenvalue weighted by Gasteiger charge is 2.41. The van der Waals surface area contributed by atoms with Gasteiger partial charge >= 0.3 is 0 Å². The fraction of sp³-hybridized carbons (Fsp3) is 0.542. The van der Waals surface area contributed by atoms with Gasteiger partial charge < -0.3 is 15.7 Å². The molecule has 0 radical (unpaired) electrons. The lowest BCUT2D eigenvalue weighted by Gasteiger charge is -2.25. The average Bonchev–Trinajstić information content (AvgIpc) is 3.37. The molecule has 7 heteroatoms. The molecule has 0 aliphatic heterocycles. The van der Waals surface area contributed by atoms with E-state index in [4.69, 9.17) is 17.3 Å².